The summed E-state index contributed by atoms with van der Waals surface area (Å²) in [5, 5.41) is 24.8. The van der Waals surface area contributed by atoms with Crippen LogP contribution in [-0.4, -0.2) is 104 Å². The molecule has 3 atom stereocenters. The van der Waals surface area contributed by atoms with Crippen molar-refractivity contribution in [2.45, 2.75) is 113 Å². The third-order valence-electron chi connectivity index (χ3n) is 10.5. The number of carbonyl (C=O) groups excluding carboxylic acids is 5. The number of aromatic nitrogens is 3. The van der Waals surface area contributed by atoms with Crippen molar-refractivity contribution in [3.05, 3.63) is 41.7 Å². The van der Waals surface area contributed by atoms with Gasteiger partial charge in [0, 0.05) is 18.5 Å². The Morgan fingerprint density at radius 1 is 1.08 bits per heavy atom. The normalized spacial score (nSPS) is 21.7. The Hall–Kier alpha value is -3.83. The number of amides is 4. The number of hydrogen-bond donors (Lipinski definition) is 4. The van der Waals surface area contributed by atoms with E-state index < -0.39 is 68.5 Å². The maximum absolute atomic E-state index is 14.7. The van der Waals surface area contributed by atoms with E-state index in [1.54, 1.807) is 25.6 Å². The van der Waals surface area contributed by atoms with Crippen molar-refractivity contribution < 1.29 is 37.5 Å². The number of carbonyl (C=O) groups is 5. The van der Waals surface area contributed by atoms with Crippen LogP contribution in [0.1, 0.15) is 101 Å². The van der Waals surface area contributed by atoms with Gasteiger partial charge in [0.25, 0.3) is 11.8 Å². The van der Waals surface area contributed by atoms with Crippen LogP contribution in [0.4, 0.5) is 0 Å². The van der Waals surface area contributed by atoms with E-state index in [1.807, 2.05) is 0 Å². The van der Waals surface area contributed by atoms with Gasteiger partial charge >= 0.3 is 0 Å². The van der Waals surface area contributed by atoms with Gasteiger partial charge < -0.3 is 26.4 Å². The minimum absolute atomic E-state index is 0.0173. The van der Waals surface area contributed by atoms with Crippen LogP contribution >= 0.6 is 11.8 Å². The molecule has 1 aromatic carbocycles. The molecule has 5 N–H and O–H groups in total. The number of benzene rings is 1. The molecule has 1 aromatic heterocycles. The molecule has 1 saturated carbocycles. The van der Waals surface area contributed by atoms with E-state index in [9.17, 15) is 37.5 Å². The van der Waals surface area contributed by atoms with Gasteiger partial charge in [-0.25, -0.2) is 13.1 Å². The number of rotatable bonds is 13. The molecule has 2 saturated heterocycles. The van der Waals surface area contributed by atoms with E-state index >= 15 is 0 Å². The lowest BCUT2D eigenvalue weighted by Gasteiger charge is -2.37. The fourth-order valence-electron chi connectivity index (χ4n) is 7.52. The molecular weight excluding hydrogens is 711 g/mol. The summed E-state index contributed by atoms with van der Waals surface area (Å²) in [6, 6.07) is 2.76. The van der Waals surface area contributed by atoms with Gasteiger partial charge in [-0.1, -0.05) is 44.2 Å². The van der Waals surface area contributed by atoms with E-state index in [1.165, 1.54) is 47.0 Å². The summed E-state index contributed by atoms with van der Waals surface area (Å²) in [6.45, 7) is 4.66. The van der Waals surface area contributed by atoms with Crippen molar-refractivity contribution in [3.63, 3.8) is 0 Å². The molecule has 1 aliphatic carbocycles. The van der Waals surface area contributed by atoms with Crippen molar-refractivity contribution >= 4 is 51.0 Å². The first kappa shape index (κ1) is 39.4. The molecule has 3 fully saturated rings. The Balaban J connectivity index is 1.48. The van der Waals surface area contributed by atoms with E-state index in [4.69, 9.17) is 5.73 Å². The molecule has 52 heavy (non-hydrogen) atoms. The lowest BCUT2D eigenvalue weighted by molar-refractivity contribution is -0.145. The molecule has 17 heteroatoms. The summed E-state index contributed by atoms with van der Waals surface area (Å²) in [4.78, 5) is 69.5. The zero-order chi connectivity index (χ0) is 37.8. The highest BCUT2D eigenvalue weighted by atomic mass is 32.2. The highest BCUT2D eigenvalue weighted by Gasteiger charge is 2.49. The molecule has 2 aliphatic heterocycles. The van der Waals surface area contributed by atoms with Gasteiger partial charge in [0.1, 0.15) is 23.2 Å². The van der Waals surface area contributed by atoms with Crippen LogP contribution in [0.15, 0.2) is 35.4 Å². The number of nitrogens with two attached hydrogens (primary N) is 1. The van der Waals surface area contributed by atoms with Crippen molar-refractivity contribution in [1.29, 1.82) is 0 Å². The quantitative estimate of drug-likeness (QED) is 0.215. The predicted octanol–water partition coefficient (Wildman–Crippen LogP) is 1.65. The van der Waals surface area contributed by atoms with E-state index in [2.05, 4.69) is 20.9 Å². The second kappa shape index (κ2) is 16.0. The number of thioether (sulfide) groups is 1. The fraction of sp³-hybridized carbons (Fsp3) is 0.629. The molecule has 284 valence electrons. The number of aliphatic hydroxyl groups is 1. The summed E-state index contributed by atoms with van der Waals surface area (Å²) in [6.07, 6.45) is 6.99. The summed E-state index contributed by atoms with van der Waals surface area (Å²) >= 11 is 1.59. The van der Waals surface area contributed by atoms with Crippen LogP contribution in [0, 0.1) is 5.92 Å². The van der Waals surface area contributed by atoms with Crippen molar-refractivity contribution in [2.24, 2.45) is 11.7 Å². The predicted molar refractivity (Wildman–Crippen MR) is 193 cm³/mol. The van der Waals surface area contributed by atoms with Gasteiger partial charge in [0.2, 0.25) is 17.6 Å². The molecule has 0 spiro atoms. The monoisotopic (exact) mass is 759 g/mol. The smallest absolute Gasteiger partial charge is 0.287 e. The minimum Gasteiger partial charge on any atom is -0.384 e. The van der Waals surface area contributed by atoms with Crippen molar-refractivity contribution in [2.75, 3.05) is 23.8 Å². The molecule has 4 amide bonds. The Labute approximate surface area is 308 Å². The topological polar surface area (TPSA) is 224 Å². The zero-order valence-electron chi connectivity index (χ0n) is 29.9. The number of Topliss-reactive ketones (excluding diaryl/α,β-unsaturated/α-hetero) is 1. The second-order valence-corrected chi connectivity index (χ2v) is 18.1. The molecule has 2 aromatic rings. The van der Waals surface area contributed by atoms with Crippen LogP contribution in [0.25, 0.3) is 0 Å². The SMILES string of the molecule is CCS(=O)(=O)c1ccc(C(=O)NC(CC2CCCCC2)C(=O)N2C[C@@H](n3nncc3C(C)(C)O)C[C@H]2C(=O)NC2(C(=O)C(N)=O)CCSCC2)cc1. The third kappa shape index (κ3) is 8.68. The maximum Gasteiger partial charge on any atom is 0.287 e. The first-order valence-electron chi connectivity index (χ1n) is 17.9. The van der Waals surface area contributed by atoms with Crippen molar-refractivity contribution in [1.82, 2.24) is 30.5 Å². The number of nitrogens with zero attached hydrogens (tertiary/aromatic N) is 4. The zero-order valence-corrected chi connectivity index (χ0v) is 31.5. The maximum atomic E-state index is 14.7. The summed E-state index contributed by atoms with van der Waals surface area (Å²) in [7, 11) is -3.49. The lowest BCUT2D eigenvalue weighted by atomic mass is 9.84. The van der Waals surface area contributed by atoms with Gasteiger partial charge in [0.15, 0.2) is 9.84 Å². The molecule has 0 bridgehead atoms. The Morgan fingerprint density at radius 2 is 1.73 bits per heavy atom. The van der Waals surface area contributed by atoms with E-state index in [0.717, 1.165) is 32.1 Å². The van der Waals surface area contributed by atoms with Gasteiger partial charge in [-0.3, -0.25) is 24.0 Å². The van der Waals surface area contributed by atoms with E-state index in [-0.39, 0.29) is 47.9 Å². The lowest BCUT2D eigenvalue weighted by Crippen LogP contribution is -2.63. The Bertz CT molecular complexity index is 1760. The van der Waals surface area contributed by atoms with E-state index in [0.29, 0.717) is 23.6 Å². The number of nitrogens with one attached hydrogen (secondary N) is 2. The minimum atomic E-state index is -3.49. The third-order valence-corrected chi connectivity index (χ3v) is 13.3. The van der Waals surface area contributed by atoms with Crippen LogP contribution in [0.5, 0.6) is 0 Å². The highest BCUT2D eigenvalue weighted by Crippen LogP contribution is 2.35. The van der Waals surface area contributed by atoms with Gasteiger partial charge in [-0.05, 0) is 74.8 Å². The van der Waals surface area contributed by atoms with Gasteiger partial charge in [-0.2, -0.15) is 11.8 Å². The Kier molecular flexibility index (Phi) is 12.1. The largest absolute Gasteiger partial charge is 0.384 e. The molecule has 15 nitrogen and oxygen atoms in total. The summed E-state index contributed by atoms with van der Waals surface area (Å²) < 4.78 is 26.2. The van der Waals surface area contributed by atoms with Gasteiger partial charge in [0.05, 0.1) is 28.6 Å². The van der Waals surface area contributed by atoms with Crippen LogP contribution < -0.4 is 16.4 Å². The molecular formula is C35H49N7O8S2. The molecule has 1 unspecified atom stereocenters. The molecule has 3 aliphatic rings. The second-order valence-electron chi connectivity index (χ2n) is 14.6. The fourth-order valence-corrected chi connectivity index (χ4v) is 9.59. The molecule has 5 rings (SSSR count). The first-order chi connectivity index (χ1) is 24.6. The highest BCUT2D eigenvalue weighted by molar-refractivity contribution is 7.99. The van der Waals surface area contributed by atoms with Crippen molar-refractivity contribution in [3.8, 4) is 0 Å². The average molecular weight is 760 g/mol. The molecule has 3 heterocycles. The number of ketones is 1. The number of likely N-dealkylation sites (tertiary alicyclic amines) is 1. The summed E-state index contributed by atoms with van der Waals surface area (Å²) in [5.41, 5.74) is 3.12. The van der Waals surface area contributed by atoms with Gasteiger partial charge in [-0.15, -0.1) is 5.10 Å². The molecule has 0 radical (unpaired) electrons. The number of hydrogen-bond acceptors (Lipinski definition) is 11. The van der Waals surface area contributed by atoms with Crippen LogP contribution in [0.2, 0.25) is 0 Å². The number of primary amides is 1. The summed E-state index contributed by atoms with van der Waals surface area (Å²) in [5.74, 6) is -2.69. The number of sulfone groups is 1. The van der Waals surface area contributed by atoms with Crippen LogP contribution in [-0.2, 0) is 34.6 Å². The first-order valence-corrected chi connectivity index (χ1v) is 20.7. The average Bonchev–Trinajstić information content (AvgIpc) is 3.80. The van der Waals surface area contributed by atoms with Crippen LogP contribution in [0.3, 0.4) is 0 Å². The Morgan fingerprint density at radius 3 is 2.33 bits per heavy atom. The standard InChI is InChI=1S/C35H49N7O8S2/c1-4-52(49,50)25-12-10-23(11-13-25)31(45)38-26(18-22-8-6-5-7-9-22)33(47)41-21-24(42-28(20-37-40-42)34(2,3)48)19-27(41)32(46)39-35(29(43)30(36)44)14-16-51-17-15-35/h10-13,20,22,24,26-27,48H,4-9,14-19,21H2,1-3H3,(H2,36,44)(H,38,45)(H,39,46)/t24-,26?,27-/m0/s1.